The zero-order chi connectivity index (χ0) is 23.3. The number of aryl methyl sites for hydroxylation is 1. The minimum atomic E-state index is -4.50. The molecule has 0 fully saturated rings. The lowest BCUT2D eigenvalue weighted by molar-refractivity contribution is -0.137. The number of rotatable bonds is 7. The molecule has 0 unspecified atom stereocenters. The number of hydrogen-bond acceptors (Lipinski definition) is 4. The topological polar surface area (TPSA) is 71.8 Å². The van der Waals surface area contributed by atoms with E-state index < -0.39 is 24.3 Å². The minimum Gasteiger partial charge on any atom is -0.484 e. The molecule has 3 rings (SSSR count). The van der Waals surface area contributed by atoms with E-state index in [4.69, 9.17) is 9.15 Å². The Morgan fingerprint density at radius 2 is 1.78 bits per heavy atom. The Labute approximate surface area is 182 Å². The molecule has 1 N–H and O–H groups in total. The number of carbonyl (C=O) groups is 2. The summed E-state index contributed by atoms with van der Waals surface area (Å²) in [6, 6.07) is 14.2. The second-order valence-electron chi connectivity index (χ2n) is 7.11. The van der Waals surface area contributed by atoms with Crippen molar-refractivity contribution < 1.29 is 31.9 Å². The van der Waals surface area contributed by atoms with Crippen molar-refractivity contribution in [3.05, 3.63) is 83.3 Å². The fourth-order valence-electron chi connectivity index (χ4n) is 2.91. The molecule has 0 bridgehead atoms. The molecule has 1 heterocycles. The van der Waals surface area contributed by atoms with Gasteiger partial charge in [-0.25, -0.2) is 0 Å². The molecular formula is C23H21F3N2O4. The third-order valence-corrected chi connectivity index (χ3v) is 4.48. The number of carbonyl (C=O) groups excluding carboxylic acids is 2. The summed E-state index contributed by atoms with van der Waals surface area (Å²) in [5, 5.41) is 2.36. The van der Waals surface area contributed by atoms with E-state index in [1.165, 1.54) is 29.2 Å². The maximum absolute atomic E-state index is 12.8. The van der Waals surface area contributed by atoms with Gasteiger partial charge >= 0.3 is 6.18 Å². The normalized spacial score (nSPS) is 11.2. The number of halogens is 3. The van der Waals surface area contributed by atoms with Crippen LogP contribution in [0, 0.1) is 6.92 Å². The highest BCUT2D eigenvalue weighted by molar-refractivity contribution is 5.94. The highest BCUT2D eigenvalue weighted by Crippen LogP contribution is 2.30. The molecule has 32 heavy (non-hydrogen) atoms. The van der Waals surface area contributed by atoms with Gasteiger partial charge in [-0.05, 0) is 61.5 Å². The van der Waals surface area contributed by atoms with Crippen LogP contribution < -0.4 is 10.1 Å². The van der Waals surface area contributed by atoms with Crippen LogP contribution in [0.5, 0.6) is 5.75 Å². The van der Waals surface area contributed by atoms with Crippen molar-refractivity contribution in [2.24, 2.45) is 0 Å². The highest BCUT2D eigenvalue weighted by Gasteiger charge is 2.30. The number of anilines is 1. The van der Waals surface area contributed by atoms with Crippen LogP contribution in [0.2, 0.25) is 0 Å². The first-order chi connectivity index (χ1) is 15.1. The van der Waals surface area contributed by atoms with E-state index in [1.807, 2.05) is 13.0 Å². The third-order valence-electron chi connectivity index (χ3n) is 4.48. The molecular weight excluding hydrogens is 425 g/mol. The van der Waals surface area contributed by atoms with Crippen molar-refractivity contribution in [2.45, 2.75) is 19.6 Å². The van der Waals surface area contributed by atoms with Gasteiger partial charge in [0.15, 0.2) is 6.61 Å². The van der Waals surface area contributed by atoms with Crippen LogP contribution in [0.1, 0.15) is 27.4 Å². The number of furan rings is 1. The fourth-order valence-corrected chi connectivity index (χ4v) is 2.91. The molecule has 2 amide bonds. The number of amides is 2. The van der Waals surface area contributed by atoms with E-state index in [-0.39, 0.29) is 11.6 Å². The number of hydrogen-bond donors (Lipinski definition) is 1. The molecule has 168 valence electrons. The SMILES string of the molecule is Cc1ccc(CN(C)C(=O)c2ccc(OCC(=O)Nc3cccc(C(F)(F)F)c3)cc2)o1. The molecule has 0 aliphatic carbocycles. The predicted molar refractivity (Wildman–Crippen MR) is 111 cm³/mol. The largest absolute Gasteiger partial charge is 0.484 e. The second kappa shape index (κ2) is 9.59. The number of nitrogens with one attached hydrogen (secondary N) is 1. The second-order valence-corrected chi connectivity index (χ2v) is 7.11. The first kappa shape index (κ1) is 22.9. The summed E-state index contributed by atoms with van der Waals surface area (Å²) >= 11 is 0. The minimum absolute atomic E-state index is 0.0177. The van der Waals surface area contributed by atoms with Gasteiger partial charge in [0.1, 0.15) is 17.3 Å². The molecule has 6 nitrogen and oxygen atoms in total. The zero-order valence-electron chi connectivity index (χ0n) is 17.4. The summed E-state index contributed by atoms with van der Waals surface area (Å²) in [6.07, 6.45) is -4.50. The van der Waals surface area contributed by atoms with E-state index >= 15 is 0 Å². The molecule has 2 aromatic carbocycles. The molecule has 0 aliphatic rings. The number of alkyl halides is 3. The molecule has 0 saturated carbocycles. The van der Waals surface area contributed by atoms with Crippen LogP contribution in [0.4, 0.5) is 18.9 Å². The Kier molecular flexibility index (Phi) is 6.87. The van der Waals surface area contributed by atoms with Gasteiger partial charge in [0.25, 0.3) is 11.8 Å². The lowest BCUT2D eigenvalue weighted by atomic mass is 10.2. The van der Waals surface area contributed by atoms with Gasteiger partial charge in [0, 0.05) is 18.3 Å². The standard InChI is InChI=1S/C23H21F3N2O4/c1-15-6-9-20(32-15)13-28(2)22(30)16-7-10-19(11-8-16)31-14-21(29)27-18-5-3-4-17(12-18)23(24,25)26/h3-12H,13-14H2,1-2H3,(H,27,29). The molecule has 0 saturated heterocycles. The van der Waals surface area contributed by atoms with E-state index in [9.17, 15) is 22.8 Å². The summed E-state index contributed by atoms with van der Waals surface area (Å²) < 4.78 is 49.1. The Morgan fingerprint density at radius 3 is 2.41 bits per heavy atom. The van der Waals surface area contributed by atoms with Crippen molar-refractivity contribution >= 4 is 17.5 Å². The predicted octanol–water partition coefficient (Wildman–Crippen LogP) is 4.90. The van der Waals surface area contributed by atoms with Gasteiger partial charge in [0.2, 0.25) is 0 Å². The van der Waals surface area contributed by atoms with E-state index in [2.05, 4.69) is 5.32 Å². The number of nitrogens with zero attached hydrogens (tertiary/aromatic N) is 1. The van der Waals surface area contributed by atoms with Crippen LogP contribution in [-0.2, 0) is 17.5 Å². The van der Waals surface area contributed by atoms with Crippen molar-refractivity contribution in [1.29, 1.82) is 0 Å². The van der Waals surface area contributed by atoms with Gasteiger partial charge < -0.3 is 19.4 Å². The van der Waals surface area contributed by atoms with Crippen molar-refractivity contribution in [2.75, 3.05) is 19.0 Å². The van der Waals surface area contributed by atoms with Crippen molar-refractivity contribution in [1.82, 2.24) is 4.90 Å². The Balaban J connectivity index is 1.52. The summed E-state index contributed by atoms with van der Waals surface area (Å²) in [7, 11) is 1.66. The van der Waals surface area contributed by atoms with Crippen molar-refractivity contribution in [3.63, 3.8) is 0 Å². The van der Waals surface area contributed by atoms with Crippen LogP contribution in [0.3, 0.4) is 0 Å². The van der Waals surface area contributed by atoms with Gasteiger partial charge in [-0.2, -0.15) is 13.2 Å². The van der Waals surface area contributed by atoms with Crippen molar-refractivity contribution in [3.8, 4) is 5.75 Å². The molecule has 3 aromatic rings. The average Bonchev–Trinajstić information content (AvgIpc) is 3.16. The van der Waals surface area contributed by atoms with Gasteiger partial charge in [-0.1, -0.05) is 6.07 Å². The van der Waals surface area contributed by atoms with Crippen LogP contribution in [0.25, 0.3) is 0 Å². The summed E-state index contributed by atoms with van der Waals surface area (Å²) in [5.74, 6) is 0.945. The lowest BCUT2D eigenvalue weighted by Gasteiger charge is -2.16. The Bertz CT molecular complexity index is 1090. The zero-order valence-corrected chi connectivity index (χ0v) is 17.4. The first-order valence-corrected chi connectivity index (χ1v) is 9.62. The number of benzene rings is 2. The monoisotopic (exact) mass is 446 g/mol. The average molecular weight is 446 g/mol. The molecule has 9 heteroatoms. The molecule has 0 aliphatic heterocycles. The van der Waals surface area contributed by atoms with Gasteiger partial charge in [0.05, 0.1) is 12.1 Å². The quantitative estimate of drug-likeness (QED) is 0.561. The summed E-state index contributed by atoms with van der Waals surface area (Å²) in [4.78, 5) is 26.0. The first-order valence-electron chi connectivity index (χ1n) is 9.62. The molecule has 0 atom stereocenters. The van der Waals surface area contributed by atoms with E-state index in [1.54, 1.807) is 25.2 Å². The van der Waals surface area contributed by atoms with Gasteiger partial charge in [-0.15, -0.1) is 0 Å². The molecule has 1 aromatic heterocycles. The summed E-state index contributed by atoms with van der Waals surface area (Å²) in [6.45, 7) is 1.74. The summed E-state index contributed by atoms with van der Waals surface area (Å²) in [5.41, 5.74) is -0.413. The Hall–Kier alpha value is -3.75. The molecule has 0 spiro atoms. The molecule has 0 radical (unpaired) electrons. The third kappa shape index (κ3) is 6.13. The highest BCUT2D eigenvalue weighted by atomic mass is 19.4. The fraction of sp³-hybridized carbons (Fsp3) is 0.217. The van der Waals surface area contributed by atoms with Crippen LogP contribution >= 0.6 is 0 Å². The van der Waals surface area contributed by atoms with E-state index in [0.29, 0.717) is 23.6 Å². The number of ether oxygens (including phenoxy) is 1. The van der Waals surface area contributed by atoms with E-state index in [0.717, 1.165) is 17.9 Å². The van der Waals surface area contributed by atoms with Crippen LogP contribution in [-0.4, -0.2) is 30.4 Å². The van der Waals surface area contributed by atoms with Crippen LogP contribution in [0.15, 0.2) is 65.1 Å². The smallest absolute Gasteiger partial charge is 0.416 e. The van der Waals surface area contributed by atoms with Gasteiger partial charge in [-0.3, -0.25) is 9.59 Å². The maximum Gasteiger partial charge on any atom is 0.416 e. The maximum atomic E-state index is 12.8. The lowest BCUT2D eigenvalue weighted by Crippen LogP contribution is -2.26. The Morgan fingerprint density at radius 1 is 1.06 bits per heavy atom.